The van der Waals surface area contributed by atoms with Gasteiger partial charge in [0.2, 0.25) is 5.91 Å². The Kier molecular flexibility index (Phi) is 6.08. The van der Waals surface area contributed by atoms with Crippen molar-refractivity contribution in [1.82, 2.24) is 10.3 Å². The molecule has 0 radical (unpaired) electrons. The molecule has 4 nitrogen and oxygen atoms in total. The summed E-state index contributed by atoms with van der Waals surface area (Å²) in [6.45, 7) is -1.34. The quantitative estimate of drug-likeness (QED) is 0.604. The van der Waals surface area contributed by atoms with Crippen molar-refractivity contribution in [3.8, 4) is 16.9 Å². The minimum Gasteiger partial charge on any atom is -0.497 e. The van der Waals surface area contributed by atoms with E-state index in [1.165, 1.54) is 0 Å². The van der Waals surface area contributed by atoms with Crippen molar-refractivity contribution in [2.24, 2.45) is 0 Å². The number of nitrogens with one attached hydrogen (secondary N) is 1. The number of alkyl halides is 3. The SMILES string of the molecule is COc1ccc2c(-c3ccccc3)cc(SCC(=O)NCC(F)(F)F)nc2c1. The summed E-state index contributed by atoms with van der Waals surface area (Å²) in [7, 11) is 1.56. The fourth-order valence-electron chi connectivity index (χ4n) is 2.63. The van der Waals surface area contributed by atoms with Crippen LogP contribution in [-0.4, -0.2) is 36.5 Å². The van der Waals surface area contributed by atoms with Crippen LogP contribution >= 0.6 is 11.8 Å². The van der Waals surface area contributed by atoms with Gasteiger partial charge in [0.25, 0.3) is 0 Å². The van der Waals surface area contributed by atoms with Crippen molar-refractivity contribution in [3.05, 3.63) is 54.6 Å². The third-order valence-electron chi connectivity index (χ3n) is 3.92. The Morgan fingerprint density at radius 3 is 2.57 bits per heavy atom. The molecule has 146 valence electrons. The van der Waals surface area contributed by atoms with E-state index >= 15 is 0 Å². The first-order chi connectivity index (χ1) is 13.4. The van der Waals surface area contributed by atoms with E-state index in [4.69, 9.17) is 4.74 Å². The molecule has 8 heteroatoms. The summed E-state index contributed by atoms with van der Waals surface area (Å²) in [5, 5.41) is 3.32. The number of methoxy groups -OCH3 is 1. The number of pyridine rings is 1. The first kappa shape index (κ1) is 20.0. The highest BCUT2D eigenvalue weighted by molar-refractivity contribution is 7.99. The van der Waals surface area contributed by atoms with Gasteiger partial charge in [-0.2, -0.15) is 13.2 Å². The second kappa shape index (κ2) is 8.52. The Labute approximate surface area is 164 Å². The summed E-state index contributed by atoms with van der Waals surface area (Å²) in [6.07, 6.45) is -4.43. The van der Waals surface area contributed by atoms with E-state index in [9.17, 15) is 18.0 Å². The number of rotatable bonds is 6. The van der Waals surface area contributed by atoms with Gasteiger partial charge in [-0.05, 0) is 29.3 Å². The van der Waals surface area contributed by atoms with Crippen LogP contribution in [0.3, 0.4) is 0 Å². The van der Waals surface area contributed by atoms with E-state index in [1.807, 2.05) is 53.8 Å². The highest BCUT2D eigenvalue weighted by Gasteiger charge is 2.27. The largest absolute Gasteiger partial charge is 0.497 e. The Morgan fingerprint density at radius 1 is 1.14 bits per heavy atom. The van der Waals surface area contributed by atoms with E-state index in [0.29, 0.717) is 16.3 Å². The number of nitrogens with zero attached hydrogens (tertiary/aromatic N) is 1. The van der Waals surface area contributed by atoms with Crippen molar-refractivity contribution >= 4 is 28.6 Å². The van der Waals surface area contributed by atoms with Crippen LogP contribution in [0.2, 0.25) is 0 Å². The normalized spacial score (nSPS) is 11.4. The van der Waals surface area contributed by atoms with Gasteiger partial charge < -0.3 is 10.1 Å². The molecule has 0 aliphatic heterocycles. The molecule has 3 aromatic rings. The van der Waals surface area contributed by atoms with Gasteiger partial charge in [-0.25, -0.2) is 4.98 Å². The zero-order valence-electron chi connectivity index (χ0n) is 14.9. The molecule has 0 saturated carbocycles. The molecule has 2 aromatic carbocycles. The molecule has 1 N–H and O–H groups in total. The summed E-state index contributed by atoms with van der Waals surface area (Å²) in [4.78, 5) is 16.2. The number of hydrogen-bond donors (Lipinski definition) is 1. The van der Waals surface area contributed by atoms with Gasteiger partial charge in [-0.15, -0.1) is 0 Å². The summed E-state index contributed by atoms with van der Waals surface area (Å²) >= 11 is 1.08. The average Bonchev–Trinajstić information content (AvgIpc) is 2.69. The monoisotopic (exact) mass is 406 g/mol. The van der Waals surface area contributed by atoms with Crippen LogP contribution in [0.25, 0.3) is 22.0 Å². The molecule has 1 aromatic heterocycles. The number of thioether (sulfide) groups is 1. The van der Waals surface area contributed by atoms with Crippen molar-refractivity contribution < 1.29 is 22.7 Å². The lowest BCUT2D eigenvalue weighted by Crippen LogP contribution is -2.34. The van der Waals surface area contributed by atoms with Crippen molar-refractivity contribution in [2.45, 2.75) is 11.2 Å². The van der Waals surface area contributed by atoms with Crippen LogP contribution in [-0.2, 0) is 4.79 Å². The molecule has 0 spiro atoms. The maximum absolute atomic E-state index is 12.2. The number of benzene rings is 2. The van der Waals surface area contributed by atoms with Crippen LogP contribution in [0.5, 0.6) is 5.75 Å². The van der Waals surface area contributed by atoms with Crippen LogP contribution in [0.1, 0.15) is 0 Å². The van der Waals surface area contributed by atoms with Gasteiger partial charge in [0.05, 0.1) is 23.4 Å². The molecule has 0 aliphatic carbocycles. The zero-order valence-corrected chi connectivity index (χ0v) is 15.7. The number of hydrogen-bond acceptors (Lipinski definition) is 4. The second-order valence-corrected chi connectivity index (χ2v) is 6.93. The standard InChI is InChI=1S/C20H17F3N2O2S/c1-27-14-7-8-15-16(13-5-3-2-4-6-13)10-19(25-17(15)9-14)28-11-18(26)24-12-20(21,22)23/h2-10H,11-12H2,1H3,(H,24,26). The lowest BCUT2D eigenvalue weighted by molar-refractivity contribution is -0.136. The van der Waals surface area contributed by atoms with Gasteiger partial charge in [0.1, 0.15) is 12.3 Å². The number of halogens is 3. The van der Waals surface area contributed by atoms with Crippen LogP contribution in [0, 0.1) is 0 Å². The number of amides is 1. The summed E-state index contributed by atoms with van der Waals surface area (Å²) in [6, 6.07) is 17.1. The molecule has 0 fully saturated rings. The van der Waals surface area contributed by atoms with E-state index in [-0.39, 0.29) is 5.75 Å². The number of ether oxygens (including phenoxy) is 1. The first-order valence-corrected chi connectivity index (χ1v) is 9.35. The minimum absolute atomic E-state index is 0.160. The first-order valence-electron chi connectivity index (χ1n) is 8.36. The third kappa shape index (κ3) is 5.16. The van der Waals surface area contributed by atoms with Crippen molar-refractivity contribution in [1.29, 1.82) is 0 Å². The number of fused-ring (bicyclic) bond motifs is 1. The number of carbonyl (C=O) groups excluding carboxylic acids is 1. The number of carbonyl (C=O) groups is 1. The Balaban J connectivity index is 1.89. The lowest BCUT2D eigenvalue weighted by atomic mass is 10.0. The molecule has 3 rings (SSSR count). The van der Waals surface area contributed by atoms with Crippen molar-refractivity contribution in [3.63, 3.8) is 0 Å². The molecule has 1 amide bonds. The maximum atomic E-state index is 12.2. The van der Waals surface area contributed by atoms with Gasteiger partial charge in [0.15, 0.2) is 0 Å². The van der Waals surface area contributed by atoms with E-state index in [1.54, 1.807) is 13.2 Å². The fraction of sp³-hybridized carbons (Fsp3) is 0.200. The molecule has 1 heterocycles. The molecule has 0 aliphatic rings. The molecule has 0 saturated heterocycles. The van der Waals surface area contributed by atoms with Gasteiger partial charge in [-0.3, -0.25) is 4.79 Å². The Morgan fingerprint density at radius 2 is 1.89 bits per heavy atom. The molecule has 0 atom stereocenters. The molecule has 0 unspecified atom stereocenters. The summed E-state index contributed by atoms with van der Waals surface area (Å²) in [5.74, 6) is -0.215. The van der Waals surface area contributed by atoms with Gasteiger partial charge >= 0.3 is 6.18 Å². The van der Waals surface area contributed by atoms with Crippen LogP contribution in [0.4, 0.5) is 13.2 Å². The average molecular weight is 406 g/mol. The van der Waals surface area contributed by atoms with Crippen molar-refractivity contribution in [2.75, 3.05) is 19.4 Å². The molecule has 28 heavy (non-hydrogen) atoms. The number of aromatic nitrogens is 1. The van der Waals surface area contributed by atoms with E-state index < -0.39 is 18.6 Å². The minimum atomic E-state index is -4.43. The molecule has 0 bridgehead atoms. The van der Waals surface area contributed by atoms with E-state index in [2.05, 4.69) is 4.98 Å². The van der Waals surface area contributed by atoms with Crippen LogP contribution in [0.15, 0.2) is 59.6 Å². The highest BCUT2D eigenvalue weighted by Crippen LogP contribution is 2.33. The zero-order chi connectivity index (χ0) is 20.1. The Hall–Kier alpha value is -2.74. The smallest absolute Gasteiger partial charge is 0.405 e. The van der Waals surface area contributed by atoms with Crippen LogP contribution < -0.4 is 10.1 Å². The van der Waals surface area contributed by atoms with Gasteiger partial charge in [-0.1, -0.05) is 42.1 Å². The highest BCUT2D eigenvalue weighted by atomic mass is 32.2. The van der Waals surface area contributed by atoms with E-state index in [0.717, 1.165) is 28.3 Å². The fourth-order valence-corrected chi connectivity index (χ4v) is 3.38. The molecular formula is C20H17F3N2O2S. The van der Waals surface area contributed by atoms with Gasteiger partial charge in [0, 0.05) is 11.5 Å². The maximum Gasteiger partial charge on any atom is 0.405 e. The summed E-state index contributed by atoms with van der Waals surface area (Å²) in [5.41, 5.74) is 2.58. The predicted octanol–water partition coefficient (Wildman–Crippen LogP) is 4.68. The lowest BCUT2D eigenvalue weighted by Gasteiger charge is -2.11. The summed E-state index contributed by atoms with van der Waals surface area (Å²) < 4.78 is 41.9. The Bertz CT molecular complexity index is 978. The predicted molar refractivity (Wildman–Crippen MR) is 104 cm³/mol. The second-order valence-electron chi connectivity index (χ2n) is 5.94. The molecular weight excluding hydrogens is 389 g/mol. The topological polar surface area (TPSA) is 51.2 Å². The third-order valence-corrected chi connectivity index (χ3v) is 4.83.